The van der Waals surface area contributed by atoms with Crippen LogP contribution in [0.2, 0.25) is 0 Å². The second-order valence-electron chi connectivity index (χ2n) is 6.05. The molecule has 0 radical (unpaired) electrons. The van der Waals surface area contributed by atoms with Gasteiger partial charge in [-0.15, -0.1) is 0 Å². The number of hydrogen-bond donors (Lipinski definition) is 0. The first-order valence-electron chi connectivity index (χ1n) is 8.66. The van der Waals surface area contributed by atoms with Crippen molar-refractivity contribution in [1.82, 2.24) is 0 Å². The summed E-state index contributed by atoms with van der Waals surface area (Å²) >= 11 is 0. The number of unbranched alkanes of at least 4 members (excludes halogenated alkanes) is 3. The summed E-state index contributed by atoms with van der Waals surface area (Å²) in [7, 11) is -1.50. The lowest BCUT2D eigenvalue weighted by Crippen LogP contribution is -2.18. The molecule has 2 heteroatoms. The molecule has 0 fully saturated rings. The Morgan fingerprint density at radius 2 is 1.24 bits per heavy atom. The summed E-state index contributed by atoms with van der Waals surface area (Å²) in [6.07, 6.45) is 10.7. The summed E-state index contributed by atoms with van der Waals surface area (Å²) in [5, 5.41) is 0. The topological polar surface area (TPSA) is 17.1 Å². The Labute approximate surface area is 131 Å². The zero-order valence-electron chi connectivity index (χ0n) is 14.1. The summed E-state index contributed by atoms with van der Waals surface area (Å²) in [5.74, 6) is 0. The van der Waals surface area contributed by atoms with Crippen molar-refractivity contribution < 1.29 is 4.79 Å². The minimum absolute atomic E-state index is 0.499. The molecular weight excluding hydrogens is 275 g/mol. The SMILES string of the molecule is CCCC[P+](CCCC)(CCCC)C(=O)c1ccccc1. The third kappa shape index (κ3) is 5.55. The van der Waals surface area contributed by atoms with Crippen LogP contribution in [-0.4, -0.2) is 24.0 Å². The molecule has 0 aliphatic rings. The highest BCUT2D eigenvalue weighted by Crippen LogP contribution is 2.63. The maximum absolute atomic E-state index is 13.2. The summed E-state index contributed by atoms with van der Waals surface area (Å²) in [6, 6.07) is 10.0. The molecule has 0 heterocycles. The van der Waals surface area contributed by atoms with Gasteiger partial charge >= 0.3 is 0 Å². The molecule has 0 bridgehead atoms. The first-order chi connectivity index (χ1) is 10.2. The molecule has 0 saturated heterocycles. The molecule has 0 unspecified atom stereocenters. The maximum Gasteiger partial charge on any atom is 0.297 e. The molecule has 0 aliphatic carbocycles. The Bertz CT molecular complexity index is 378. The maximum atomic E-state index is 13.2. The quantitative estimate of drug-likeness (QED) is 0.442. The Morgan fingerprint density at radius 1 is 0.810 bits per heavy atom. The lowest BCUT2D eigenvalue weighted by Gasteiger charge is -2.25. The standard InChI is InChI=1S/C19H32OP/c1-4-7-15-21(16-8-5-2,17-9-6-3)19(20)18-13-11-10-12-14-18/h10-14H,4-9,15-17H2,1-3H3/q+1. The predicted molar refractivity (Wildman–Crippen MR) is 97.0 cm³/mol. The van der Waals surface area contributed by atoms with Gasteiger partial charge in [-0.05, 0) is 31.4 Å². The molecule has 0 aromatic heterocycles. The first-order valence-corrected chi connectivity index (χ1v) is 11.0. The van der Waals surface area contributed by atoms with E-state index >= 15 is 0 Å². The molecule has 1 rings (SSSR count). The van der Waals surface area contributed by atoms with E-state index in [2.05, 4.69) is 20.8 Å². The molecule has 118 valence electrons. The lowest BCUT2D eigenvalue weighted by atomic mass is 10.2. The molecule has 1 aromatic rings. The van der Waals surface area contributed by atoms with Crippen LogP contribution in [0.5, 0.6) is 0 Å². The Morgan fingerprint density at radius 3 is 1.62 bits per heavy atom. The van der Waals surface area contributed by atoms with Gasteiger partial charge in [0, 0.05) is 0 Å². The fourth-order valence-corrected chi connectivity index (χ4v) is 7.62. The van der Waals surface area contributed by atoms with E-state index in [0.717, 1.165) is 24.0 Å². The fourth-order valence-electron chi connectivity index (χ4n) is 2.88. The van der Waals surface area contributed by atoms with E-state index in [9.17, 15) is 4.79 Å². The van der Waals surface area contributed by atoms with E-state index in [4.69, 9.17) is 0 Å². The average molecular weight is 307 g/mol. The van der Waals surface area contributed by atoms with E-state index in [1.165, 1.54) is 38.5 Å². The van der Waals surface area contributed by atoms with E-state index in [1.54, 1.807) is 0 Å². The highest BCUT2D eigenvalue weighted by molar-refractivity contribution is 7.91. The Kier molecular flexibility index (Phi) is 8.85. The van der Waals surface area contributed by atoms with Crippen LogP contribution in [0.3, 0.4) is 0 Å². The predicted octanol–water partition coefficient (Wildman–Crippen LogP) is 6.24. The summed E-state index contributed by atoms with van der Waals surface area (Å²) in [5.41, 5.74) is 1.45. The van der Waals surface area contributed by atoms with Crippen molar-refractivity contribution in [3.8, 4) is 0 Å². The zero-order chi connectivity index (χ0) is 15.6. The van der Waals surface area contributed by atoms with Gasteiger partial charge < -0.3 is 0 Å². The Hall–Kier alpha value is -0.680. The monoisotopic (exact) mass is 307 g/mol. The van der Waals surface area contributed by atoms with E-state index in [-0.39, 0.29) is 0 Å². The van der Waals surface area contributed by atoms with Crippen molar-refractivity contribution in [1.29, 1.82) is 0 Å². The molecule has 0 saturated carbocycles. The van der Waals surface area contributed by atoms with Crippen LogP contribution in [0.4, 0.5) is 0 Å². The van der Waals surface area contributed by atoms with Crippen LogP contribution >= 0.6 is 7.26 Å². The summed E-state index contributed by atoms with van der Waals surface area (Å²) in [4.78, 5) is 13.2. The number of benzene rings is 1. The van der Waals surface area contributed by atoms with Gasteiger partial charge in [0.25, 0.3) is 5.52 Å². The normalized spacial score (nSPS) is 11.6. The summed E-state index contributed by atoms with van der Waals surface area (Å²) in [6.45, 7) is 6.71. The minimum atomic E-state index is -1.50. The number of carbonyl (C=O) groups is 1. The van der Waals surface area contributed by atoms with Crippen molar-refractivity contribution in [3.63, 3.8) is 0 Å². The molecule has 21 heavy (non-hydrogen) atoms. The van der Waals surface area contributed by atoms with Gasteiger partial charge in [-0.2, -0.15) is 0 Å². The van der Waals surface area contributed by atoms with E-state index < -0.39 is 7.26 Å². The van der Waals surface area contributed by atoms with E-state index in [0.29, 0.717) is 5.52 Å². The largest absolute Gasteiger partial charge is 0.297 e. The molecule has 0 aliphatic heterocycles. The average Bonchev–Trinajstić information content (AvgIpc) is 2.55. The van der Waals surface area contributed by atoms with Gasteiger partial charge in [0.2, 0.25) is 0 Å². The van der Waals surface area contributed by atoms with Gasteiger partial charge in [0.1, 0.15) is 0 Å². The van der Waals surface area contributed by atoms with Gasteiger partial charge in [-0.1, -0.05) is 58.2 Å². The van der Waals surface area contributed by atoms with Crippen LogP contribution in [0.15, 0.2) is 30.3 Å². The van der Waals surface area contributed by atoms with Gasteiger partial charge in [-0.3, -0.25) is 0 Å². The van der Waals surface area contributed by atoms with E-state index in [1.807, 2.05) is 30.3 Å². The first kappa shape index (κ1) is 18.4. The molecule has 0 N–H and O–H groups in total. The minimum Gasteiger partial charge on any atom is -0.247 e. The molecule has 0 amide bonds. The number of rotatable bonds is 11. The van der Waals surface area contributed by atoms with Crippen molar-refractivity contribution in [2.24, 2.45) is 0 Å². The van der Waals surface area contributed by atoms with Crippen LogP contribution in [0.1, 0.15) is 69.7 Å². The van der Waals surface area contributed by atoms with Gasteiger partial charge in [0.05, 0.1) is 31.3 Å². The van der Waals surface area contributed by atoms with Crippen molar-refractivity contribution >= 4 is 12.8 Å². The van der Waals surface area contributed by atoms with Gasteiger partial charge in [0.15, 0.2) is 0 Å². The highest BCUT2D eigenvalue weighted by Gasteiger charge is 2.44. The van der Waals surface area contributed by atoms with Crippen molar-refractivity contribution in [2.45, 2.75) is 59.3 Å². The molecule has 1 nitrogen and oxygen atoms in total. The number of hydrogen-bond acceptors (Lipinski definition) is 1. The zero-order valence-corrected chi connectivity index (χ0v) is 15.0. The third-order valence-corrected chi connectivity index (χ3v) is 8.91. The van der Waals surface area contributed by atoms with Gasteiger partial charge in [-0.25, -0.2) is 4.79 Å². The van der Waals surface area contributed by atoms with Crippen LogP contribution in [0.25, 0.3) is 0 Å². The molecular formula is C19H32OP+. The third-order valence-electron chi connectivity index (χ3n) is 4.27. The number of carbonyl (C=O) groups excluding carboxylic acids is 1. The van der Waals surface area contributed by atoms with Crippen molar-refractivity contribution in [2.75, 3.05) is 18.5 Å². The highest BCUT2D eigenvalue weighted by atomic mass is 31.2. The second kappa shape index (κ2) is 10.1. The van der Waals surface area contributed by atoms with Crippen LogP contribution in [-0.2, 0) is 0 Å². The summed E-state index contributed by atoms with van der Waals surface area (Å²) < 4.78 is 0. The van der Waals surface area contributed by atoms with Crippen molar-refractivity contribution in [3.05, 3.63) is 35.9 Å². The second-order valence-corrected chi connectivity index (χ2v) is 10.1. The molecule has 0 spiro atoms. The smallest absolute Gasteiger partial charge is 0.247 e. The van der Waals surface area contributed by atoms with Crippen LogP contribution < -0.4 is 0 Å². The molecule has 1 aromatic carbocycles. The molecule has 0 atom stereocenters. The lowest BCUT2D eigenvalue weighted by molar-refractivity contribution is 0.107. The fraction of sp³-hybridized carbons (Fsp3) is 0.632. The van der Waals surface area contributed by atoms with Crippen LogP contribution in [0, 0.1) is 0 Å². The Balaban J connectivity index is 3.02.